The number of rotatable bonds is 5. The Kier molecular flexibility index (Phi) is 5.49. The molecule has 1 rings (SSSR count). The number of nitrogen functional groups attached to an aromatic ring is 1. The quantitative estimate of drug-likeness (QED) is 0.788. The van der Waals surface area contributed by atoms with Gasteiger partial charge in [-0.1, -0.05) is 26.7 Å². The van der Waals surface area contributed by atoms with Gasteiger partial charge in [-0.3, -0.25) is 5.32 Å². The Hall–Kier alpha value is -1.71. The zero-order chi connectivity index (χ0) is 13.5. The Morgan fingerprint density at radius 2 is 1.72 bits per heavy atom. The van der Waals surface area contributed by atoms with Crippen LogP contribution in [0, 0.1) is 0 Å². The topological polar surface area (TPSA) is 64.3 Å². The Labute approximate surface area is 109 Å². The van der Waals surface area contributed by atoms with Gasteiger partial charge in [0.05, 0.1) is 7.11 Å². The summed E-state index contributed by atoms with van der Waals surface area (Å²) >= 11 is 0. The van der Waals surface area contributed by atoms with Gasteiger partial charge in [-0.05, 0) is 36.1 Å². The smallest absolute Gasteiger partial charge is 0.411 e. The van der Waals surface area contributed by atoms with E-state index in [0.717, 1.165) is 48.2 Å². The number of amides is 1. The van der Waals surface area contributed by atoms with Crippen LogP contribution in [-0.2, 0) is 17.6 Å². The van der Waals surface area contributed by atoms with Crippen molar-refractivity contribution in [2.75, 3.05) is 18.2 Å². The number of carbonyl (C=O) groups is 1. The first kappa shape index (κ1) is 14.4. The minimum absolute atomic E-state index is 0.454. The number of nitrogens with one attached hydrogen (secondary N) is 1. The van der Waals surface area contributed by atoms with E-state index in [0.29, 0.717) is 0 Å². The number of hydrogen-bond donors (Lipinski definition) is 2. The molecule has 18 heavy (non-hydrogen) atoms. The Morgan fingerprint density at radius 1 is 1.22 bits per heavy atom. The van der Waals surface area contributed by atoms with Crippen LogP contribution in [0.3, 0.4) is 0 Å². The summed E-state index contributed by atoms with van der Waals surface area (Å²) in [6.07, 6.45) is 3.43. The predicted octanol–water partition coefficient (Wildman–Crippen LogP) is 3.35. The van der Waals surface area contributed by atoms with Crippen LogP contribution in [0.2, 0.25) is 0 Å². The highest BCUT2D eigenvalue weighted by molar-refractivity contribution is 5.85. The highest BCUT2D eigenvalue weighted by Crippen LogP contribution is 2.26. The van der Waals surface area contributed by atoms with E-state index in [1.165, 1.54) is 7.11 Å². The average molecular weight is 250 g/mol. The third-order valence-electron chi connectivity index (χ3n) is 2.82. The van der Waals surface area contributed by atoms with Crippen LogP contribution in [0.4, 0.5) is 16.2 Å². The van der Waals surface area contributed by atoms with Crippen molar-refractivity contribution in [3.8, 4) is 0 Å². The molecule has 0 aliphatic carbocycles. The largest absolute Gasteiger partial charge is 0.453 e. The molecular formula is C14H22N2O2. The van der Waals surface area contributed by atoms with Gasteiger partial charge in [-0.25, -0.2) is 4.79 Å². The molecular weight excluding hydrogens is 228 g/mol. The van der Waals surface area contributed by atoms with Crippen molar-refractivity contribution < 1.29 is 9.53 Å². The number of carbonyl (C=O) groups excluding carboxylic acids is 1. The van der Waals surface area contributed by atoms with E-state index >= 15 is 0 Å². The summed E-state index contributed by atoms with van der Waals surface area (Å²) in [6, 6.07) is 3.85. The number of ether oxygens (including phenoxy) is 1. The molecule has 0 aliphatic rings. The molecule has 1 amide bonds. The SMILES string of the molecule is CCCc1cc(NC(=O)OC)cc(CCC)c1N. The minimum Gasteiger partial charge on any atom is -0.453 e. The summed E-state index contributed by atoms with van der Waals surface area (Å²) in [5.41, 5.74) is 9.94. The zero-order valence-electron chi connectivity index (χ0n) is 11.4. The van der Waals surface area contributed by atoms with E-state index in [9.17, 15) is 4.79 Å². The van der Waals surface area contributed by atoms with Crippen molar-refractivity contribution in [3.63, 3.8) is 0 Å². The molecule has 0 saturated heterocycles. The van der Waals surface area contributed by atoms with Crippen molar-refractivity contribution >= 4 is 17.5 Å². The van der Waals surface area contributed by atoms with Crippen molar-refractivity contribution in [3.05, 3.63) is 23.3 Å². The summed E-state index contributed by atoms with van der Waals surface area (Å²) in [5.74, 6) is 0. The van der Waals surface area contributed by atoms with Crippen LogP contribution in [0.25, 0.3) is 0 Å². The maximum Gasteiger partial charge on any atom is 0.411 e. The summed E-state index contributed by atoms with van der Waals surface area (Å²) in [7, 11) is 1.35. The second-order valence-electron chi connectivity index (χ2n) is 4.32. The van der Waals surface area contributed by atoms with Gasteiger partial charge >= 0.3 is 6.09 Å². The molecule has 0 aliphatic heterocycles. The lowest BCUT2D eigenvalue weighted by molar-refractivity contribution is 0.187. The third kappa shape index (κ3) is 3.65. The molecule has 0 saturated carbocycles. The first-order chi connectivity index (χ1) is 8.62. The van der Waals surface area contributed by atoms with Crippen LogP contribution in [0.15, 0.2) is 12.1 Å². The molecule has 0 aromatic heterocycles. The number of methoxy groups -OCH3 is 1. The molecule has 100 valence electrons. The number of nitrogens with two attached hydrogens (primary N) is 1. The zero-order valence-corrected chi connectivity index (χ0v) is 11.4. The van der Waals surface area contributed by atoms with Gasteiger partial charge in [0.25, 0.3) is 0 Å². The molecule has 0 fully saturated rings. The normalized spacial score (nSPS) is 10.2. The minimum atomic E-state index is -0.454. The molecule has 1 aromatic rings. The molecule has 4 nitrogen and oxygen atoms in total. The van der Waals surface area contributed by atoms with Crippen molar-refractivity contribution in [2.24, 2.45) is 0 Å². The molecule has 4 heteroatoms. The number of anilines is 2. The van der Waals surface area contributed by atoms with Gasteiger partial charge in [0.2, 0.25) is 0 Å². The molecule has 0 heterocycles. The van der Waals surface area contributed by atoms with Crippen LogP contribution < -0.4 is 11.1 Å². The van der Waals surface area contributed by atoms with Crippen molar-refractivity contribution in [1.82, 2.24) is 0 Å². The van der Waals surface area contributed by atoms with E-state index in [1.807, 2.05) is 12.1 Å². The number of benzene rings is 1. The van der Waals surface area contributed by atoms with Crippen LogP contribution in [0.1, 0.15) is 37.8 Å². The summed E-state index contributed by atoms with van der Waals surface area (Å²) in [4.78, 5) is 11.2. The molecule has 0 radical (unpaired) electrons. The fourth-order valence-electron chi connectivity index (χ4n) is 1.97. The fourth-order valence-corrected chi connectivity index (χ4v) is 1.97. The molecule has 3 N–H and O–H groups in total. The van der Waals surface area contributed by atoms with Crippen LogP contribution >= 0.6 is 0 Å². The highest BCUT2D eigenvalue weighted by Gasteiger charge is 2.09. The van der Waals surface area contributed by atoms with Gasteiger partial charge in [0.1, 0.15) is 0 Å². The van der Waals surface area contributed by atoms with Gasteiger partial charge in [0, 0.05) is 11.4 Å². The Balaban J connectivity index is 3.07. The van der Waals surface area contributed by atoms with Gasteiger partial charge in [0.15, 0.2) is 0 Å². The van der Waals surface area contributed by atoms with E-state index in [-0.39, 0.29) is 0 Å². The highest BCUT2D eigenvalue weighted by atomic mass is 16.5. The van der Waals surface area contributed by atoms with E-state index in [2.05, 4.69) is 23.9 Å². The molecule has 0 bridgehead atoms. The predicted molar refractivity (Wildman–Crippen MR) is 74.9 cm³/mol. The van der Waals surface area contributed by atoms with Gasteiger partial charge in [-0.2, -0.15) is 0 Å². The lowest BCUT2D eigenvalue weighted by Crippen LogP contribution is -2.12. The average Bonchev–Trinajstić information content (AvgIpc) is 2.35. The van der Waals surface area contributed by atoms with Crippen LogP contribution in [0.5, 0.6) is 0 Å². The van der Waals surface area contributed by atoms with E-state index in [4.69, 9.17) is 5.73 Å². The van der Waals surface area contributed by atoms with E-state index in [1.54, 1.807) is 0 Å². The summed E-state index contributed by atoms with van der Waals surface area (Å²) < 4.78 is 4.60. The number of aryl methyl sites for hydroxylation is 2. The molecule has 1 aromatic carbocycles. The monoisotopic (exact) mass is 250 g/mol. The van der Waals surface area contributed by atoms with Gasteiger partial charge < -0.3 is 10.5 Å². The molecule has 0 atom stereocenters. The lowest BCUT2D eigenvalue weighted by Gasteiger charge is -2.14. The Bertz CT molecular complexity index is 389. The lowest BCUT2D eigenvalue weighted by atomic mass is 9.99. The first-order valence-corrected chi connectivity index (χ1v) is 6.38. The van der Waals surface area contributed by atoms with Crippen molar-refractivity contribution in [1.29, 1.82) is 0 Å². The van der Waals surface area contributed by atoms with E-state index < -0.39 is 6.09 Å². The fraction of sp³-hybridized carbons (Fsp3) is 0.500. The molecule has 0 unspecified atom stereocenters. The second kappa shape index (κ2) is 6.89. The first-order valence-electron chi connectivity index (χ1n) is 6.38. The Morgan fingerprint density at radius 3 is 2.11 bits per heavy atom. The van der Waals surface area contributed by atoms with Crippen molar-refractivity contribution in [2.45, 2.75) is 39.5 Å². The standard InChI is InChI=1S/C14H22N2O2/c1-4-6-10-8-12(16-14(17)18-3)9-11(7-5-2)13(10)15/h8-9H,4-7,15H2,1-3H3,(H,16,17). The maximum absolute atomic E-state index is 11.2. The number of hydrogen-bond acceptors (Lipinski definition) is 3. The van der Waals surface area contributed by atoms with Gasteiger partial charge in [-0.15, -0.1) is 0 Å². The van der Waals surface area contributed by atoms with Crippen LogP contribution in [-0.4, -0.2) is 13.2 Å². The third-order valence-corrected chi connectivity index (χ3v) is 2.82. The second-order valence-corrected chi connectivity index (χ2v) is 4.32. The molecule has 0 spiro atoms. The summed E-state index contributed by atoms with van der Waals surface area (Å²) in [5, 5.41) is 2.70. The summed E-state index contributed by atoms with van der Waals surface area (Å²) in [6.45, 7) is 4.22. The maximum atomic E-state index is 11.2.